The lowest BCUT2D eigenvalue weighted by molar-refractivity contribution is 0.104. The van der Waals surface area contributed by atoms with Crippen LogP contribution in [0.15, 0.2) is 84.9 Å². The summed E-state index contributed by atoms with van der Waals surface area (Å²) in [5.74, 6) is 2.47. The Labute approximate surface area is 199 Å². The van der Waals surface area contributed by atoms with E-state index in [0.717, 1.165) is 28.0 Å². The molecule has 0 fully saturated rings. The maximum atomic E-state index is 12.7. The Bertz CT molecular complexity index is 1340. The lowest BCUT2D eigenvalue weighted by Crippen LogP contribution is -2.00. The SMILES string of the molecule is COc1ccc(/C=C/C(=O)c2ccc(OC)c(OC)c2)cc1COc1ccc2ccccc2c1. The third-order valence-corrected chi connectivity index (χ3v) is 5.51. The molecule has 0 spiro atoms. The van der Waals surface area contributed by atoms with E-state index >= 15 is 0 Å². The maximum absolute atomic E-state index is 12.7. The van der Waals surface area contributed by atoms with E-state index in [2.05, 4.69) is 12.1 Å². The number of benzene rings is 4. The summed E-state index contributed by atoms with van der Waals surface area (Å²) in [6.07, 6.45) is 3.31. The fourth-order valence-electron chi connectivity index (χ4n) is 3.69. The zero-order chi connectivity index (χ0) is 23.9. The first-order valence-electron chi connectivity index (χ1n) is 10.8. The van der Waals surface area contributed by atoms with Crippen molar-refractivity contribution in [3.63, 3.8) is 0 Å². The van der Waals surface area contributed by atoms with Gasteiger partial charge < -0.3 is 18.9 Å². The Balaban J connectivity index is 1.50. The van der Waals surface area contributed by atoms with E-state index in [-0.39, 0.29) is 5.78 Å². The van der Waals surface area contributed by atoms with Gasteiger partial charge >= 0.3 is 0 Å². The number of ether oxygens (including phenoxy) is 4. The molecular weight excluding hydrogens is 428 g/mol. The van der Waals surface area contributed by atoms with Gasteiger partial charge in [-0.25, -0.2) is 0 Å². The lowest BCUT2D eigenvalue weighted by Gasteiger charge is -2.12. The second-order valence-corrected chi connectivity index (χ2v) is 7.64. The van der Waals surface area contributed by atoms with Crippen molar-refractivity contribution in [2.24, 2.45) is 0 Å². The summed E-state index contributed by atoms with van der Waals surface area (Å²) in [7, 11) is 4.73. The van der Waals surface area contributed by atoms with Gasteiger partial charge in [0.15, 0.2) is 17.3 Å². The highest BCUT2D eigenvalue weighted by molar-refractivity contribution is 6.07. The van der Waals surface area contributed by atoms with E-state index in [9.17, 15) is 4.79 Å². The minimum absolute atomic E-state index is 0.134. The summed E-state index contributed by atoms with van der Waals surface area (Å²) >= 11 is 0. The molecule has 0 aliphatic rings. The van der Waals surface area contributed by atoms with E-state index < -0.39 is 0 Å². The molecule has 172 valence electrons. The Hall–Kier alpha value is -4.25. The molecule has 0 amide bonds. The quantitative estimate of drug-likeness (QED) is 0.218. The molecule has 5 heteroatoms. The van der Waals surface area contributed by atoms with E-state index in [1.807, 2.05) is 48.5 Å². The average Bonchev–Trinajstić information content (AvgIpc) is 2.89. The Morgan fingerprint density at radius 3 is 2.24 bits per heavy atom. The molecule has 0 unspecified atom stereocenters. The van der Waals surface area contributed by atoms with Crippen molar-refractivity contribution < 1.29 is 23.7 Å². The van der Waals surface area contributed by atoms with Gasteiger partial charge in [-0.15, -0.1) is 0 Å². The summed E-state index contributed by atoms with van der Waals surface area (Å²) < 4.78 is 22.1. The molecule has 4 aromatic rings. The standard InChI is InChI=1S/C29H26O5/c1-31-27-14-9-20(8-13-26(30)23-11-15-28(32-2)29(18-23)33-3)16-24(27)19-34-25-12-10-21-6-4-5-7-22(21)17-25/h4-18H,19H2,1-3H3/b13-8+. The molecule has 0 saturated heterocycles. The van der Waals surface area contributed by atoms with E-state index in [1.54, 1.807) is 45.6 Å². The van der Waals surface area contributed by atoms with Crippen LogP contribution in [0.5, 0.6) is 23.0 Å². The van der Waals surface area contributed by atoms with Crippen LogP contribution in [0.4, 0.5) is 0 Å². The summed E-state index contributed by atoms with van der Waals surface area (Å²) in [5, 5.41) is 2.29. The monoisotopic (exact) mass is 454 g/mol. The Morgan fingerprint density at radius 2 is 1.47 bits per heavy atom. The van der Waals surface area contributed by atoms with E-state index in [4.69, 9.17) is 18.9 Å². The maximum Gasteiger partial charge on any atom is 0.185 e. The zero-order valence-electron chi connectivity index (χ0n) is 19.4. The summed E-state index contributed by atoms with van der Waals surface area (Å²) in [6.45, 7) is 0.340. The number of rotatable bonds is 9. The minimum atomic E-state index is -0.134. The summed E-state index contributed by atoms with van der Waals surface area (Å²) in [6, 6.07) is 25.0. The van der Waals surface area contributed by atoms with Crippen LogP contribution in [0, 0.1) is 0 Å². The average molecular weight is 455 g/mol. The molecule has 5 nitrogen and oxygen atoms in total. The number of hydrogen-bond donors (Lipinski definition) is 0. The Kier molecular flexibility index (Phi) is 7.13. The smallest absolute Gasteiger partial charge is 0.185 e. The summed E-state index contributed by atoms with van der Waals surface area (Å²) in [4.78, 5) is 12.7. The number of allylic oxidation sites excluding steroid dienone is 1. The number of ketones is 1. The highest BCUT2D eigenvalue weighted by Crippen LogP contribution is 2.28. The van der Waals surface area contributed by atoms with Gasteiger partial charge in [-0.05, 0) is 64.9 Å². The van der Waals surface area contributed by atoms with Gasteiger partial charge in [0.25, 0.3) is 0 Å². The van der Waals surface area contributed by atoms with Crippen LogP contribution in [0.1, 0.15) is 21.5 Å². The van der Waals surface area contributed by atoms with Gasteiger partial charge in [0, 0.05) is 11.1 Å². The number of carbonyl (C=O) groups excluding carboxylic acids is 1. The molecule has 0 N–H and O–H groups in total. The molecule has 0 aliphatic carbocycles. The fourth-order valence-corrected chi connectivity index (χ4v) is 3.69. The highest BCUT2D eigenvalue weighted by Gasteiger charge is 2.10. The van der Waals surface area contributed by atoms with Crippen LogP contribution in [0.2, 0.25) is 0 Å². The van der Waals surface area contributed by atoms with Gasteiger partial charge in [0.1, 0.15) is 18.1 Å². The van der Waals surface area contributed by atoms with Crippen LogP contribution in [0.25, 0.3) is 16.8 Å². The molecule has 4 aromatic carbocycles. The summed E-state index contributed by atoms with van der Waals surface area (Å²) in [5.41, 5.74) is 2.27. The third kappa shape index (κ3) is 5.21. The molecule has 4 rings (SSSR count). The third-order valence-electron chi connectivity index (χ3n) is 5.51. The van der Waals surface area contributed by atoms with E-state index in [0.29, 0.717) is 23.7 Å². The predicted molar refractivity (Wildman–Crippen MR) is 134 cm³/mol. The second kappa shape index (κ2) is 10.6. The van der Waals surface area contributed by atoms with Crippen molar-refractivity contribution in [1.29, 1.82) is 0 Å². The molecule has 0 saturated carbocycles. The minimum Gasteiger partial charge on any atom is -0.496 e. The first-order chi connectivity index (χ1) is 16.6. The highest BCUT2D eigenvalue weighted by atomic mass is 16.5. The number of carbonyl (C=O) groups is 1. The van der Waals surface area contributed by atoms with Crippen LogP contribution < -0.4 is 18.9 Å². The van der Waals surface area contributed by atoms with Gasteiger partial charge in [-0.3, -0.25) is 4.79 Å². The van der Waals surface area contributed by atoms with Crippen molar-refractivity contribution >= 4 is 22.6 Å². The first-order valence-corrected chi connectivity index (χ1v) is 10.8. The fraction of sp³-hybridized carbons (Fsp3) is 0.138. The Morgan fingerprint density at radius 1 is 0.735 bits per heavy atom. The van der Waals surface area contributed by atoms with Crippen molar-refractivity contribution in [2.75, 3.05) is 21.3 Å². The molecule has 34 heavy (non-hydrogen) atoms. The van der Waals surface area contributed by atoms with Crippen LogP contribution in [-0.2, 0) is 6.61 Å². The molecule has 0 radical (unpaired) electrons. The largest absolute Gasteiger partial charge is 0.496 e. The number of hydrogen-bond acceptors (Lipinski definition) is 5. The van der Waals surface area contributed by atoms with Crippen molar-refractivity contribution in [3.8, 4) is 23.0 Å². The predicted octanol–water partition coefficient (Wildman–Crippen LogP) is 6.34. The molecule has 0 atom stereocenters. The van der Waals surface area contributed by atoms with Crippen LogP contribution in [-0.4, -0.2) is 27.1 Å². The number of fused-ring (bicyclic) bond motifs is 1. The lowest BCUT2D eigenvalue weighted by atomic mass is 10.1. The van der Waals surface area contributed by atoms with Gasteiger partial charge in [0.05, 0.1) is 21.3 Å². The molecule has 0 aromatic heterocycles. The first kappa shape index (κ1) is 22.9. The molecule has 0 aliphatic heterocycles. The van der Waals surface area contributed by atoms with Crippen molar-refractivity contribution in [3.05, 3.63) is 102 Å². The topological polar surface area (TPSA) is 54.0 Å². The van der Waals surface area contributed by atoms with Crippen LogP contribution in [0.3, 0.4) is 0 Å². The van der Waals surface area contributed by atoms with Crippen molar-refractivity contribution in [2.45, 2.75) is 6.61 Å². The van der Waals surface area contributed by atoms with Crippen LogP contribution >= 0.6 is 0 Å². The van der Waals surface area contributed by atoms with Gasteiger partial charge in [0.2, 0.25) is 0 Å². The number of methoxy groups -OCH3 is 3. The second-order valence-electron chi connectivity index (χ2n) is 7.64. The van der Waals surface area contributed by atoms with Gasteiger partial charge in [-0.1, -0.05) is 42.5 Å². The molecular formula is C29H26O5. The zero-order valence-corrected chi connectivity index (χ0v) is 19.4. The molecule has 0 bridgehead atoms. The van der Waals surface area contributed by atoms with E-state index in [1.165, 1.54) is 11.5 Å². The normalized spacial score (nSPS) is 10.9. The van der Waals surface area contributed by atoms with Gasteiger partial charge in [-0.2, -0.15) is 0 Å². The molecule has 0 heterocycles. The van der Waals surface area contributed by atoms with Crippen molar-refractivity contribution in [1.82, 2.24) is 0 Å².